The van der Waals surface area contributed by atoms with Crippen molar-refractivity contribution in [2.75, 3.05) is 0 Å². The molecule has 1 unspecified atom stereocenters. The zero-order valence-corrected chi connectivity index (χ0v) is 10.2. The molecule has 0 amide bonds. The Morgan fingerprint density at radius 3 is 2.25 bits per heavy atom. The number of hydrogen-bond donors (Lipinski definition) is 0. The van der Waals surface area contributed by atoms with Crippen LogP contribution in [0.5, 0.6) is 0 Å². The van der Waals surface area contributed by atoms with Gasteiger partial charge >= 0.3 is 11.9 Å². The molecule has 92 valence electrons. The summed E-state index contributed by atoms with van der Waals surface area (Å²) < 4.78 is 4.51. The van der Waals surface area contributed by atoms with Crippen LogP contribution >= 0.6 is 0 Å². The first-order chi connectivity index (χ1) is 7.74. The quantitative estimate of drug-likeness (QED) is 0.362. The molecule has 16 heavy (non-hydrogen) atoms. The van der Waals surface area contributed by atoms with Crippen LogP contribution in [0, 0.1) is 5.92 Å². The van der Waals surface area contributed by atoms with E-state index in [1.807, 2.05) is 0 Å². The lowest BCUT2D eigenvalue weighted by molar-refractivity contribution is -0.153. The highest BCUT2D eigenvalue weighted by molar-refractivity contribution is 5.94. The highest BCUT2D eigenvalue weighted by Gasteiger charge is 2.32. The minimum atomic E-state index is -0.349. The van der Waals surface area contributed by atoms with E-state index < -0.39 is 0 Å². The molecule has 0 bridgehead atoms. The molecule has 1 rings (SSSR count). The molecule has 0 N–H and O–H groups in total. The average Bonchev–Trinajstić information content (AvgIpc) is 2.56. The second-order valence-electron chi connectivity index (χ2n) is 4.60. The molecule has 1 aliphatic heterocycles. The predicted molar refractivity (Wildman–Crippen MR) is 61.8 cm³/mol. The summed E-state index contributed by atoms with van der Waals surface area (Å²) in [5.74, 6) is -0.808. The summed E-state index contributed by atoms with van der Waals surface area (Å²) in [6.07, 6.45) is 9.78. The van der Waals surface area contributed by atoms with Gasteiger partial charge in [-0.25, -0.2) is 0 Å². The van der Waals surface area contributed by atoms with Crippen LogP contribution in [0.15, 0.2) is 0 Å². The van der Waals surface area contributed by atoms with E-state index in [0.29, 0.717) is 6.42 Å². The molecule has 0 saturated carbocycles. The van der Waals surface area contributed by atoms with E-state index in [9.17, 15) is 9.59 Å². The fourth-order valence-electron chi connectivity index (χ4n) is 2.09. The fraction of sp³-hybridized carbons (Fsp3) is 0.846. The van der Waals surface area contributed by atoms with E-state index in [4.69, 9.17) is 0 Å². The second kappa shape index (κ2) is 7.42. The van der Waals surface area contributed by atoms with Gasteiger partial charge in [-0.2, -0.15) is 0 Å². The largest absolute Gasteiger partial charge is 0.393 e. The van der Waals surface area contributed by atoms with Crippen LogP contribution in [-0.4, -0.2) is 11.9 Å². The molecule has 0 radical (unpaired) electrons. The van der Waals surface area contributed by atoms with Crippen molar-refractivity contribution in [1.29, 1.82) is 0 Å². The number of carbonyl (C=O) groups excluding carboxylic acids is 2. The molecule has 0 spiro atoms. The molecule has 0 aromatic heterocycles. The smallest absolute Gasteiger partial charge is 0.317 e. The van der Waals surface area contributed by atoms with Crippen molar-refractivity contribution in [2.24, 2.45) is 5.92 Å². The normalized spacial score (nSPS) is 20.2. The summed E-state index contributed by atoms with van der Waals surface area (Å²) in [6, 6.07) is 0. The summed E-state index contributed by atoms with van der Waals surface area (Å²) in [5.41, 5.74) is 0. The maximum absolute atomic E-state index is 11.1. The third-order valence-electron chi connectivity index (χ3n) is 3.12. The molecule has 3 nitrogen and oxygen atoms in total. The van der Waals surface area contributed by atoms with E-state index >= 15 is 0 Å². The zero-order chi connectivity index (χ0) is 11.8. The van der Waals surface area contributed by atoms with Gasteiger partial charge in [0.25, 0.3) is 0 Å². The van der Waals surface area contributed by atoms with Gasteiger partial charge in [0.05, 0.1) is 12.3 Å². The minimum absolute atomic E-state index is 0.150. The Morgan fingerprint density at radius 2 is 1.69 bits per heavy atom. The fourth-order valence-corrected chi connectivity index (χ4v) is 2.09. The standard InChI is InChI=1S/C13H22O3/c1-2-3-4-5-6-7-8-9-11-10-12(14)16-13(11)15/h11H,2-10H2,1H3. The van der Waals surface area contributed by atoms with E-state index in [-0.39, 0.29) is 17.9 Å². The molecule has 1 saturated heterocycles. The topological polar surface area (TPSA) is 43.4 Å². The van der Waals surface area contributed by atoms with E-state index in [1.165, 1.54) is 38.5 Å². The van der Waals surface area contributed by atoms with Gasteiger partial charge in [-0.05, 0) is 6.42 Å². The van der Waals surface area contributed by atoms with Crippen molar-refractivity contribution in [2.45, 2.75) is 64.7 Å². The second-order valence-corrected chi connectivity index (χ2v) is 4.60. The Bertz CT molecular complexity index is 235. The monoisotopic (exact) mass is 226 g/mol. The zero-order valence-electron chi connectivity index (χ0n) is 10.2. The lowest BCUT2D eigenvalue weighted by Gasteiger charge is -2.04. The summed E-state index contributed by atoms with van der Waals surface area (Å²) >= 11 is 0. The van der Waals surface area contributed by atoms with Gasteiger partial charge in [-0.3, -0.25) is 9.59 Å². The van der Waals surface area contributed by atoms with E-state index in [2.05, 4.69) is 11.7 Å². The number of unbranched alkanes of at least 4 members (excludes halogenated alkanes) is 6. The number of ether oxygens (including phenoxy) is 1. The number of esters is 2. The van der Waals surface area contributed by atoms with Crippen LogP contribution in [0.4, 0.5) is 0 Å². The van der Waals surface area contributed by atoms with Gasteiger partial charge < -0.3 is 4.74 Å². The van der Waals surface area contributed by atoms with E-state index in [1.54, 1.807) is 0 Å². The molecule has 1 aliphatic rings. The Morgan fingerprint density at radius 1 is 1.06 bits per heavy atom. The van der Waals surface area contributed by atoms with Gasteiger partial charge in [-0.15, -0.1) is 0 Å². The highest BCUT2D eigenvalue weighted by atomic mass is 16.6. The SMILES string of the molecule is CCCCCCCCCC1CC(=O)OC1=O. The van der Waals surface area contributed by atoms with Crippen molar-refractivity contribution in [3.8, 4) is 0 Å². The molecule has 1 heterocycles. The van der Waals surface area contributed by atoms with Gasteiger partial charge in [0.1, 0.15) is 0 Å². The summed E-state index contributed by atoms with van der Waals surface area (Å²) in [7, 11) is 0. The summed E-state index contributed by atoms with van der Waals surface area (Å²) in [6.45, 7) is 2.21. The van der Waals surface area contributed by atoms with Crippen molar-refractivity contribution < 1.29 is 14.3 Å². The number of hydrogen-bond acceptors (Lipinski definition) is 3. The van der Waals surface area contributed by atoms with Crippen LogP contribution in [0.25, 0.3) is 0 Å². The van der Waals surface area contributed by atoms with E-state index in [0.717, 1.165) is 12.8 Å². The number of cyclic esters (lactones) is 2. The Hall–Kier alpha value is -0.860. The number of carbonyl (C=O) groups is 2. The van der Waals surface area contributed by atoms with Crippen molar-refractivity contribution in [1.82, 2.24) is 0 Å². The third kappa shape index (κ3) is 4.77. The van der Waals surface area contributed by atoms with Crippen LogP contribution in [0.2, 0.25) is 0 Å². The maximum Gasteiger partial charge on any atom is 0.317 e. The molecule has 1 fully saturated rings. The lowest BCUT2D eigenvalue weighted by Crippen LogP contribution is -2.06. The lowest BCUT2D eigenvalue weighted by atomic mass is 9.99. The first-order valence-corrected chi connectivity index (χ1v) is 6.48. The van der Waals surface area contributed by atoms with Crippen molar-refractivity contribution in [3.05, 3.63) is 0 Å². The van der Waals surface area contributed by atoms with Gasteiger partial charge in [-0.1, -0.05) is 51.9 Å². The van der Waals surface area contributed by atoms with Crippen molar-refractivity contribution in [3.63, 3.8) is 0 Å². The van der Waals surface area contributed by atoms with Gasteiger partial charge in [0.2, 0.25) is 0 Å². The first kappa shape index (κ1) is 13.2. The molecular weight excluding hydrogens is 204 g/mol. The Kier molecular flexibility index (Phi) is 6.12. The van der Waals surface area contributed by atoms with Crippen LogP contribution in [0.3, 0.4) is 0 Å². The molecule has 0 aromatic rings. The molecule has 1 atom stereocenters. The third-order valence-corrected chi connectivity index (χ3v) is 3.12. The van der Waals surface area contributed by atoms with Crippen LogP contribution in [0.1, 0.15) is 64.7 Å². The predicted octanol–water partition coefficient (Wildman–Crippen LogP) is 3.22. The molecule has 0 aliphatic carbocycles. The van der Waals surface area contributed by atoms with Crippen molar-refractivity contribution >= 4 is 11.9 Å². The van der Waals surface area contributed by atoms with Crippen LogP contribution < -0.4 is 0 Å². The average molecular weight is 226 g/mol. The Balaban J connectivity index is 1.95. The highest BCUT2D eigenvalue weighted by Crippen LogP contribution is 2.22. The molecule has 3 heteroatoms. The summed E-state index contributed by atoms with van der Waals surface area (Å²) in [5, 5.41) is 0. The Labute approximate surface area is 97.5 Å². The minimum Gasteiger partial charge on any atom is -0.393 e. The molecular formula is C13H22O3. The molecule has 0 aromatic carbocycles. The number of rotatable bonds is 8. The van der Waals surface area contributed by atoms with Gasteiger partial charge in [0.15, 0.2) is 0 Å². The maximum atomic E-state index is 11.1. The summed E-state index contributed by atoms with van der Waals surface area (Å²) in [4.78, 5) is 22.0. The first-order valence-electron chi connectivity index (χ1n) is 6.48. The van der Waals surface area contributed by atoms with Gasteiger partial charge in [0, 0.05) is 0 Å². The van der Waals surface area contributed by atoms with Crippen LogP contribution in [-0.2, 0) is 14.3 Å².